The molecule has 0 bridgehead atoms. The lowest BCUT2D eigenvalue weighted by atomic mass is 10.1. The fourth-order valence-electron chi connectivity index (χ4n) is 3.03. The fraction of sp³-hybridized carbons (Fsp3) is 0.444. The zero-order valence-electron chi connectivity index (χ0n) is 14.4. The Morgan fingerprint density at radius 1 is 1.20 bits per heavy atom. The smallest absolute Gasteiger partial charge is 0.271 e. The summed E-state index contributed by atoms with van der Waals surface area (Å²) in [5.41, 5.74) is 1.66. The maximum atomic E-state index is 10.9. The first-order chi connectivity index (χ1) is 12.2. The molecule has 0 amide bonds. The van der Waals surface area contributed by atoms with Crippen molar-refractivity contribution in [1.82, 2.24) is 9.97 Å². The van der Waals surface area contributed by atoms with Crippen LogP contribution < -0.4 is 10.2 Å². The molecule has 132 valence electrons. The second kappa shape index (κ2) is 7.92. The maximum absolute atomic E-state index is 10.9. The van der Waals surface area contributed by atoms with Crippen LogP contribution >= 0.6 is 0 Å². The van der Waals surface area contributed by atoms with Crippen molar-refractivity contribution in [3.8, 4) is 0 Å². The van der Waals surface area contributed by atoms with Gasteiger partial charge >= 0.3 is 0 Å². The van der Waals surface area contributed by atoms with Gasteiger partial charge < -0.3 is 10.2 Å². The van der Waals surface area contributed by atoms with Gasteiger partial charge in [0, 0.05) is 42.7 Å². The third-order valence-electron chi connectivity index (χ3n) is 4.26. The standard InChI is InChI=1S/C18H23N5O2/c1-2-7-14-13-17(22-10-4-3-5-11-22)21-18(19-14)20-15-8-6-9-16(12-15)23(24)25/h6,8-9,12-13H,2-5,7,10-11H2,1H3,(H,19,20,21). The van der Waals surface area contributed by atoms with Crippen LogP contribution in [0.5, 0.6) is 0 Å². The summed E-state index contributed by atoms with van der Waals surface area (Å²) in [7, 11) is 0. The van der Waals surface area contributed by atoms with Gasteiger partial charge in [0.2, 0.25) is 5.95 Å². The van der Waals surface area contributed by atoms with Crippen LogP contribution in [0.15, 0.2) is 30.3 Å². The summed E-state index contributed by atoms with van der Waals surface area (Å²) in [5.74, 6) is 1.43. The molecule has 3 rings (SSSR count). The quantitative estimate of drug-likeness (QED) is 0.630. The Morgan fingerprint density at radius 3 is 2.72 bits per heavy atom. The number of non-ortho nitro benzene ring substituents is 1. The Hall–Kier alpha value is -2.70. The number of nitro benzene ring substituents is 1. The van der Waals surface area contributed by atoms with E-state index in [4.69, 9.17) is 0 Å². The van der Waals surface area contributed by atoms with Crippen LogP contribution in [0, 0.1) is 10.1 Å². The van der Waals surface area contributed by atoms with Crippen molar-refractivity contribution in [2.24, 2.45) is 0 Å². The SMILES string of the molecule is CCCc1cc(N2CCCCC2)nc(Nc2cccc([N+](=O)[O-])c2)n1. The number of aryl methyl sites for hydroxylation is 1. The van der Waals surface area contributed by atoms with Crippen molar-refractivity contribution < 1.29 is 4.92 Å². The molecule has 0 aliphatic carbocycles. The average molecular weight is 341 g/mol. The molecular weight excluding hydrogens is 318 g/mol. The molecule has 1 saturated heterocycles. The maximum Gasteiger partial charge on any atom is 0.271 e. The van der Waals surface area contributed by atoms with Crippen molar-refractivity contribution in [3.05, 3.63) is 46.1 Å². The highest BCUT2D eigenvalue weighted by Crippen LogP contribution is 2.24. The lowest BCUT2D eigenvalue weighted by molar-refractivity contribution is -0.384. The van der Waals surface area contributed by atoms with E-state index in [2.05, 4.69) is 33.2 Å². The van der Waals surface area contributed by atoms with Crippen LogP contribution in [0.4, 0.5) is 23.1 Å². The molecular formula is C18H23N5O2. The Labute approximate surface area is 147 Å². The van der Waals surface area contributed by atoms with Gasteiger partial charge in [-0.1, -0.05) is 19.4 Å². The lowest BCUT2D eigenvalue weighted by Crippen LogP contribution is -2.30. The third kappa shape index (κ3) is 4.43. The van der Waals surface area contributed by atoms with E-state index in [1.807, 2.05) is 0 Å². The van der Waals surface area contributed by atoms with Crippen molar-refractivity contribution in [1.29, 1.82) is 0 Å². The average Bonchev–Trinajstić information content (AvgIpc) is 2.63. The number of hydrogen-bond donors (Lipinski definition) is 1. The summed E-state index contributed by atoms with van der Waals surface area (Å²) in [4.78, 5) is 22.0. The first-order valence-corrected chi connectivity index (χ1v) is 8.80. The van der Waals surface area contributed by atoms with Crippen molar-refractivity contribution in [2.75, 3.05) is 23.3 Å². The van der Waals surface area contributed by atoms with Gasteiger partial charge in [0.15, 0.2) is 0 Å². The Balaban J connectivity index is 1.87. The van der Waals surface area contributed by atoms with E-state index in [1.54, 1.807) is 12.1 Å². The monoisotopic (exact) mass is 341 g/mol. The molecule has 7 heteroatoms. The first kappa shape index (κ1) is 17.1. The van der Waals surface area contributed by atoms with Crippen LogP contribution in [0.25, 0.3) is 0 Å². The normalized spacial score (nSPS) is 14.4. The molecule has 2 heterocycles. The van der Waals surface area contributed by atoms with E-state index < -0.39 is 4.92 Å². The van der Waals surface area contributed by atoms with Gasteiger partial charge in [-0.15, -0.1) is 0 Å². The fourth-order valence-corrected chi connectivity index (χ4v) is 3.03. The molecule has 1 aliphatic heterocycles. The van der Waals surface area contributed by atoms with Crippen LogP contribution in [0.3, 0.4) is 0 Å². The van der Waals surface area contributed by atoms with E-state index in [0.717, 1.165) is 37.4 Å². The number of rotatable bonds is 6. The molecule has 0 saturated carbocycles. The second-order valence-electron chi connectivity index (χ2n) is 6.27. The molecule has 1 fully saturated rings. The molecule has 7 nitrogen and oxygen atoms in total. The Kier molecular flexibility index (Phi) is 5.42. The van der Waals surface area contributed by atoms with E-state index in [1.165, 1.54) is 31.4 Å². The van der Waals surface area contributed by atoms with Gasteiger partial charge in [-0.3, -0.25) is 10.1 Å². The summed E-state index contributed by atoms with van der Waals surface area (Å²) in [6, 6.07) is 8.47. The minimum absolute atomic E-state index is 0.0472. The van der Waals surface area contributed by atoms with Gasteiger partial charge in [-0.25, -0.2) is 4.98 Å². The minimum Gasteiger partial charge on any atom is -0.356 e. The number of anilines is 3. The number of piperidine rings is 1. The van der Waals surface area contributed by atoms with Crippen LogP contribution in [0.1, 0.15) is 38.3 Å². The molecule has 1 aromatic heterocycles. The highest BCUT2D eigenvalue weighted by atomic mass is 16.6. The molecule has 1 aromatic carbocycles. The van der Waals surface area contributed by atoms with E-state index in [0.29, 0.717) is 11.6 Å². The molecule has 1 N–H and O–H groups in total. The van der Waals surface area contributed by atoms with E-state index >= 15 is 0 Å². The highest BCUT2D eigenvalue weighted by Gasteiger charge is 2.15. The molecule has 0 atom stereocenters. The number of nitro groups is 1. The van der Waals surface area contributed by atoms with Crippen molar-refractivity contribution in [2.45, 2.75) is 39.0 Å². The Morgan fingerprint density at radius 2 is 2.00 bits per heavy atom. The largest absolute Gasteiger partial charge is 0.356 e. The van der Waals surface area contributed by atoms with Gasteiger partial charge in [-0.2, -0.15) is 4.98 Å². The molecule has 2 aromatic rings. The minimum atomic E-state index is -0.404. The summed E-state index contributed by atoms with van der Waals surface area (Å²) in [6.07, 6.45) is 5.52. The van der Waals surface area contributed by atoms with E-state index in [-0.39, 0.29) is 5.69 Å². The summed E-state index contributed by atoms with van der Waals surface area (Å²) in [6.45, 7) is 4.15. The zero-order valence-corrected chi connectivity index (χ0v) is 14.4. The molecule has 25 heavy (non-hydrogen) atoms. The topological polar surface area (TPSA) is 84.2 Å². The van der Waals surface area contributed by atoms with Crippen molar-refractivity contribution >= 4 is 23.1 Å². The van der Waals surface area contributed by atoms with Gasteiger partial charge in [0.1, 0.15) is 5.82 Å². The van der Waals surface area contributed by atoms with Crippen LogP contribution in [-0.4, -0.2) is 28.0 Å². The van der Waals surface area contributed by atoms with Crippen LogP contribution in [-0.2, 0) is 6.42 Å². The number of nitrogens with one attached hydrogen (secondary N) is 1. The molecule has 0 unspecified atom stereocenters. The predicted molar refractivity (Wildman–Crippen MR) is 98.5 cm³/mol. The first-order valence-electron chi connectivity index (χ1n) is 8.80. The summed E-state index contributed by atoms with van der Waals surface area (Å²) >= 11 is 0. The third-order valence-corrected chi connectivity index (χ3v) is 4.26. The molecule has 1 aliphatic rings. The summed E-state index contributed by atoms with van der Waals surface area (Å²) < 4.78 is 0. The molecule has 0 spiro atoms. The van der Waals surface area contributed by atoms with Crippen LogP contribution in [0.2, 0.25) is 0 Å². The number of hydrogen-bond acceptors (Lipinski definition) is 6. The van der Waals surface area contributed by atoms with Gasteiger partial charge in [0.05, 0.1) is 4.92 Å². The Bertz CT molecular complexity index is 744. The van der Waals surface area contributed by atoms with E-state index in [9.17, 15) is 10.1 Å². The highest BCUT2D eigenvalue weighted by molar-refractivity contribution is 5.59. The number of benzene rings is 1. The van der Waals surface area contributed by atoms with Gasteiger partial charge in [-0.05, 0) is 31.7 Å². The summed E-state index contributed by atoms with van der Waals surface area (Å²) in [5, 5.41) is 14.1. The van der Waals surface area contributed by atoms with Crippen molar-refractivity contribution in [3.63, 3.8) is 0 Å². The predicted octanol–water partition coefficient (Wildman–Crippen LogP) is 4.07. The lowest BCUT2D eigenvalue weighted by Gasteiger charge is -2.28. The zero-order chi connectivity index (χ0) is 17.6. The van der Waals surface area contributed by atoms with Gasteiger partial charge in [0.25, 0.3) is 5.69 Å². The molecule has 0 radical (unpaired) electrons. The second-order valence-corrected chi connectivity index (χ2v) is 6.27. The number of aromatic nitrogens is 2. The number of nitrogens with zero attached hydrogens (tertiary/aromatic N) is 4.